The van der Waals surface area contributed by atoms with Crippen LogP contribution in [-0.4, -0.2) is 24.9 Å². The van der Waals surface area contributed by atoms with Crippen molar-refractivity contribution in [3.63, 3.8) is 0 Å². The first-order valence-electron chi connectivity index (χ1n) is 5.53. The molecule has 0 amide bonds. The molecule has 20 heavy (non-hydrogen) atoms. The minimum atomic E-state index is -0.433. The van der Waals surface area contributed by atoms with Gasteiger partial charge < -0.3 is 10.7 Å². The Morgan fingerprint density at radius 3 is 2.90 bits per heavy atom. The highest BCUT2D eigenvalue weighted by Crippen LogP contribution is 2.35. The quantitative estimate of drug-likeness (QED) is 0.429. The molecule has 0 aliphatic rings. The van der Waals surface area contributed by atoms with E-state index in [9.17, 15) is 10.1 Å². The predicted molar refractivity (Wildman–Crippen MR) is 73.3 cm³/mol. The van der Waals surface area contributed by atoms with Crippen molar-refractivity contribution in [2.24, 2.45) is 0 Å². The van der Waals surface area contributed by atoms with Crippen molar-refractivity contribution < 1.29 is 4.92 Å². The molecule has 3 aromatic rings. The second kappa shape index (κ2) is 4.78. The number of fused-ring (bicyclic) bond motifs is 1. The molecule has 1 aromatic carbocycles. The molecule has 100 valence electrons. The van der Waals surface area contributed by atoms with Crippen LogP contribution < -0.4 is 5.73 Å². The topological polar surface area (TPSA) is 124 Å². The van der Waals surface area contributed by atoms with Crippen LogP contribution in [0.25, 0.3) is 11.2 Å². The number of nitrogens with one attached hydrogen (secondary N) is 1. The van der Waals surface area contributed by atoms with E-state index in [1.54, 1.807) is 18.2 Å². The van der Waals surface area contributed by atoms with Crippen molar-refractivity contribution in [1.82, 2.24) is 19.9 Å². The fourth-order valence-electron chi connectivity index (χ4n) is 1.69. The van der Waals surface area contributed by atoms with Crippen LogP contribution in [0.15, 0.2) is 40.5 Å². The van der Waals surface area contributed by atoms with Crippen LogP contribution in [0.1, 0.15) is 0 Å². The lowest BCUT2D eigenvalue weighted by Crippen LogP contribution is -1.97. The number of nitro groups is 1. The van der Waals surface area contributed by atoms with Crippen LogP contribution in [0, 0.1) is 10.1 Å². The van der Waals surface area contributed by atoms with Crippen molar-refractivity contribution in [1.29, 1.82) is 0 Å². The number of hydrogen-bond donors (Lipinski definition) is 2. The largest absolute Gasteiger partial charge is 0.368 e. The van der Waals surface area contributed by atoms with Crippen molar-refractivity contribution in [2.75, 3.05) is 5.73 Å². The summed E-state index contributed by atoms with van der Waals surface area (Å²) < 4.78 is 0. The molecule has 0 bridgehead atoms. The molecule has 0 saturated heterocycles. The summed E-state index contributed by atoms with van der Waals surface area (Å²) in [5.74, 6) is 0.0747. The first-order valence-corrected chi connectivity index (χ1v) is 6.34. The van der Waals surface area contributed by atoms with Crippen LogP contribution in [0.2, 0.25) is 0 Å². The van der Waals surface area contributed by atoms with Gasteiger partial charge in [-0.25, -0.2) is 9.97 Å². The highest BCUT2D eigenvalue weighted by molar-refractivity contribution is 7.99. The first-order chi connectivity index (χ1) is 9.65. The Morgan fingerprint density at radius 2 is 2.10 bits per heavy atom. The fourth-order valence-corrected chi connectivity index (χ4v) is 2.69. The Bertz CT molecular complexity index is 802. The number of nitrogens with two attached hydrogens (primary N) is 1. The molecular formula is C11H8N6O2S. The van der Waals surface area contributed by atoms with Crippen molar-refractivity contribution in [3.05, 3.63) is 40.7 Å². The van der Waals surface area contributed by atoms with Crippen LogP contribution in [0.5, 0.6) is 0 Å². The van der Waals surface area contributed by atoms with Gasteiger partial charge in [-0.1, -0.05) is 23.9 Å². The summed E-state index contributed by atoms with van der Waals surface area (Å²) in [5, 5.41) is 11.5. The van der Waals surface area contributed by atoms with Gasteiger partial charge in [0, 0.05) is 6.07 Å². The highest BCUT2D eigenvalue weighted by atomic mass is 32.2. The van der Waals surface area contributed by atoms with Crippen LogP contribution in [0.3, 0.4) is 0 Å². The maximum Gasteiger partial charge on any atom is 0.283 e. The lowest BCUT2D eigenvalue weighted by molar-refractivity contribution is -0.387. The number of para-hydroxylation sites is 1. The van der Waals surface area contributed by atoms with Gasteiger partial charge in [0.15, 0.2) is 5.65 Å². The molecule has 0 atom stereocenters. The number of imidazole rings is 1. The van der Waals surface area contributed by atoms with E-state index < -0.39 is 4.92 Å². The number of nitrogens with zero attached hydrogens (tertiary/aromatic N) is 4. The number of rotatable bonds is 3. The van der Waals surface area contributed by atoms with Gasteiger partial charge in [-0.15, -0.1) is 0 Å². The zero-order valence-corrected chi connectivity index (χ0v) is 10.8. The molecule has 0 aliphatic carbocycles. The van der Waals surface area contributed by atoms with Crippen LogP contribution >= 0.6 is 11.8 Å². The zero-order chi connectivity index (χ0) is 14.1. The molecule has 0 radical (unpaired) electrons. The fraction of sp³-hybridized carbons (Fsp3) is 0. The average Bonchev–Trinajstić information content (AvgIpc) is 2.87. The predicted octanol–water partition coefficient (Wildman–Crippen LogP) is 1.99. The van der Waals surface area contributed by atoms with E-state index in [4.69, 9.17) is 5.73 Å². The monoisotopic (exact) mass is 288 g/mol. The van der Waals surface area contributed by atoms with E-state index >= 15 is 0 Å². The third-order valence-electron chi connectivity index (χ3n) is 2.54. The summed E-state index contributed by atoms with van der Waals surface area (Å²) in [5.41, 5.74) is 6.66. The van der Waals surface area contributed by atoms with E-state index in [0.29, 0.717) is 21.1 Å². The van der Waals surface area contributed by atoms with E-state index in [-0.39, 0.29) is 11.6 Å². The summed E-state index contributed by atoms with van der Waals surface area (Å²) in [6.45, 7) is 0. The van der Waals surface area contributed by atoms with Gasteiger partial charge in [-0.2, -0.15) is 4.98 Å². The molecule has 0 saturated carbocycles. The molecular weight excluding hydrogens is 280 g/mol. The second-order valence-electron chi connectivity index (χ2n) is 3.81. The van der Waals surface area contributed by atoms with Gasteiger partial charge in [-0.3, -0.25) is 10.1 Å². The number of benzene rings is 1. The number of anilines is 1. The summed E-state index contributed by atoms with van der Waals surface area (Å²) in [4.78, 5) is 26.0. The van der Waals surface area contributed by atoms with Gasteiger partial charge in [0.25, 0.3) is 5.69 Å². The molecule has 8 nitrogen and oxygen atoms in total. The Kier molecular flexibility index (Phi) is 2.95. The SMILES string of the molecule is Nc1nc(Sc2ccccc2[N+](=O)[O-])c2[nH]cnc2n1. The van der Waals surface area contributed by atoms with Gasteiger partial charge in [0.1, 0.15) is 10.5 Å². The molecule has 0 spiro atoms. The van der Waals surface area contributed by atoms with E-state index in [2.05, 4.69) is 19.9 Å². The summed E-state index contributed by atoms with van der Waals surface area (Å²) in [7, 11) is 0. The minimum Gasteiger partial charge on any atom is -0.368 e. The van der Waals surface area contributed by atoms with E-state index in [0.717, 1.165) is 11.8 Å². The number of hydrogen-bond acceptors (Lipinski definition) is 7. The van der Waals surface area contributed by atoms with Gasteiger partial charge in [0.05, 0.1) is 16.1 Å². The van der Waals surface area contributed by atoms with Gasteiger partial charge in [-0.05, 0) is 6.07 Å². The van der Waals surface area contributed by atoms with E-state index in [1.165, 1.54) is 12.4 Å². The summed E-state index contributed by atoms with van der Waals surface area (Å²) in [6, 6.07) is 6.44. The molecule has 2 aromatic heterocycles. The van der Waals surface area contributed by atoms with Crippen LogP contribution in [-0.2, 0) is 0 Å². The third-order valence-corrected chi connectivity index (χ3v) is 3.59. The Balaban J connectivity index is 2.10. The lowest BCUT2D eigenvalue weighted by atomic mass is 10.3. The highest BCUT2D eigenvalue weighted by Gasteiger charge is 2.17. The smallest absolute Gasteiger partial charge is 0.283 e. The maximum absolute atomic E-state index is 11.0. The maximum atomic E-state index is 11.0. The normalized spacial score (nSPS) is 10.8. The molecule has 2 heterocycles. The van der Waals surface area contributed by atoms with Crippen LogP contribution in [0.4, 0.5) is 11.6 Å². The summed E-state index contributed by atoms with van der Waals surface area (Å²) >= 11 is 1.15. The standard InChI is InChI=1S/C11H8N6O2S/c12-11-15-9-8(13-5-14-9)10(16-11)20-7-4-2-1-3-6(7)17(18)19/h1-5H,(H3,12,13,14,15,16). The molecule has 9 heteroatoms. The zero-order valence-electron chi connectivity index (χ0n) is 9.98. The van der Waals surface area contributed by atoms with Crippen molar-refractivity contribution in [2.45, 2.75) is 9.92 Å². The Morgan fingerprint density at radius 1 is 1.30 bits per heavy atom. The van der Waals surface area contributed by atoms with Crippen molar-refractivity contribution in [3.8, 4) is 0 Å². The number of nitrogen functional groups attached to an aromatic ring is 1. The molecule has 0 fully saturated rings. The Labute approximate surface area is 116 Å². The second-order valence-corrected chi connectivity index (χ2v) is 4.85. The molecule has 0 unspecified atom stereocenters. The molecule has 3 N–H and O–H groups in total. The van der Waals surface area contributed by atoms with Gasteiger partial charge >= 0.3 is 0 Å². The Hall–Kier alpha value is -2.68. The minimum absolute atomic E-state index is 0.0161. The number of aromatic amines is 1. The first kappa shape index (κ1) is 12.4. The van der Waals surface area contributed by atoms with Gasteiger partial charge in [0.2, 0.25) is 5.95 Å². The van der Waals surface area contributed by atoms with Crippen molar-refractivity contribution >= 4 is 34.6 Å². The lowest BCUT2D eigenvalue weighted by Gasteiger charge is -2.03. The number of aromatic nitrogens is 4. The third kappa shape index (κ3) is 2.14. The average molecular weight is 288 g/mol. The molecule has 0 aliphatic heterocycles. The molecule has 3 rings (SSSR count). The van der Waals surface area contributed by atoms with E-state index in [1.807, 2.05) is 0 Å². The summed E-state index contributed by atoms with van der Waals surface area (Å²) in [6.07, 6.45) is 1.47. The number of nitro benzene ring substituents is 1. The number of H-pyrrole nitrogens is 1.